The van der Waals surface area contributed by atoms with E-state index in [1.54, 1.807) is 0 Å². The van der Waals surface area contributed by atoms with Gasteiger partial charge in [0.2, 0.25) is 5.91 Å². The molecule has 0 N–H and O–H groups in total. The third-order valence-corrected chi connectivity index (χ3v) is 2.95. The molecule has 0 aliphatic rings. The lowest BCUT2D eigenvalue weighted by Gasteiger charge is -2.28. The fourth-order valence-corrected chi connectivity index (χ4v) is 1.56. The van der Waals surface area contributed by atoms with Crippen LogP contribution in [0.15, 0.2) is 0 Å². The first-order chi connectivity index (χ1) is 6.08. The van der Waals surface area contributed by atoms with Gasteiger partial charge in [-0.1, -0.05) is 20.8 Å². The summed E-state index contributed by atoms with van der Waals surface area (Å²) in [6.45, 7) is 6.07. The van der Waals surface area contributed by atoms with Crippen LogP contribution in [0.3, 0.4) is 0 Å². The Labute approximate surface area is 86.2 Å². The predicted octanol–water partition coefficient (Wildman–Crippen LogP) is 2.51. The Kier molecular flexibility index (Phi) is 6.13. The summed E-state index contributed by atoms with van der Waals surface area (Å²) in [5.41, 5.74) is 0. The van der Waals surface area contributed by atoms with E-state index in [4.69, 9.17) is 11.6 Å². The Hall–Kier alpha value is -0.240. The van der Waals surface area contributed by atoms with E-state index in [0.29, 0.717) is 11.9 Å². The van der Waals surface area contributed by atoms with Gasteiger partial charge in [-0.05, 0) is 12.8 Å². The highest BCUT2D eigenvalue weighted by atomic mass is 35.5. The molecule has 3 heteroatoms. The predicted molar refractivity (Wildman–Crippen MR) is 57.0 cm³/mol. The van der Waals surface area contributed by atoms with Crippen molar-refractivity contribution in [3.63, 3.8) is 0 Å². The van der Waals surface area contributed by atoms with Crippen LogP contribution in [0.2, 0.25) is 0 Å². The molecule has 0 aliphatic heterocycles. The average Bonchev–Trinajstić information content (AvgIpc) is 2.17. The number of alkyl halides is 1. The van der Waals surface area contributed by atoms with Gasteiger partial charge in [-0.2, -0.15) is 0 Å². The number of carbonyl (C=O) groups is 1. The van der Waals surface area contributed by atoms with Crippen LogP contribution in [0.5, 0.6) is 0 Å². The molecule has 0 aromatic heterocycles. The van der Waals surface area contributed by atoms with Gasteiger partial charge >= 0.3 is 0 Å². The zero-order valence-corrected chi connectivity index (χ0v) is 9.77. The summed E-state index contributed by atoms with van der Waals surface area (Å²) >= 11 is 5.63. The monoisotopic (exact) mass is 205 g/mol. The first-order valence-electron chi connectivity index (χ1n) is 4.91. The fourth-order valence-electron chi connectivity index (χ4n) is 1.43. The molecule has 0 radical (unpaired) electrons. The van der Waals surface area contributed by atoms with Crippen molar-refractivity contribution in [3.05, 3.63) is 0 Å². The molecule has 13 heavy (non-hydrogen) atoms. The number of nitrogens with zero attached hydrogens (tertiary/aromatic N) is 1. The van der Waals surface area contributed by atoms with Crippen LogP contribution >= 0.6 is 11.6 Å². The largest absolute Gasteiger partial charge is 0.343 e. The van der Waals surface area contributed by atoms with E-state index in [2.05, 4.69) is 13.8 Å². The molecule has 0 rings (SSSR count). The highest BCUT2D eigenvalue weighted by Gasteiger charge is 2.21. The molecular weight excluding hydrogens is 186 g/mol. The number of carbonyl (C=O) groups excluding carboxylic acids is 1. The standard InChI is InChI=1S/C10H20ClNO/c1-5-9(6-2)12(4)10(13)8(3)7-11/h8-9H,5-7H2,1-4H3. The summed E-state index contributed by atoms with van der Waals surface area (Å²) in [4.78, 5) is 13.5. The van der Waals surface area contributed by atoms with Gasteiger partial charge in [-0.3, -0.25) is 4.79 Å². The Bertz CT molecular complexity index is 157. The van der Waals surface area contributed by atoms with Crippen LogP contribution in [-0.2, 0) is 4.79 Å². The lowest BCUT2D eigenvalue weighted by Crippen LogP contribution is -2.39. The molecule has 0 aromatic carbocycles. The molecule has 0 bridgehead atoms. The number of hydrogen-bond acceptors (Lipinski definition) is 1. The van der Waals surface area contributed by atoms with Gasteiger partial charge in [0.25, 0.3) is 0 Å². The molecule has 1 atom stereocenters. The summed E-state index contributed by atoms with van der Waals surface area (Å²) in [6, 6.07) is 0.359. The number of rotatable bonds is 5. The van der Waals surface area contributed by atoms with Crippen molar-refractivity contribution < 1.29 is 4.79 Å². The molecule has 1 amide bonds. The van der Waals surface area contributed by atoms with Gasteiger partial charge in [0.05, 0.1) is 0 Å². The number of hydrogen-bond donors (Lipinski definition) is 0. The van der Waals surface area contributed by atoms with E-state index in [0.717, 1.165) is 12.8 Å². The molecule has 0 heterocycles. The van der Waals surface area contributed by atoms with Crippen LogP contribution in [0.25, 0.3) is 0 Å². The van der Waals surface area contributed by atoms with Crippen molar-refractivity contribution in [3.8, 4) is 0 Å². The zero-order valence-electron chi connectivity index (χ0n) is 9.01. The summed E-state index contributed by atoms with van der Waals surface area (Å²) in [5, 5.41) is 0. The van der Waals surface area contributed by atoms with Gasteiger partial charge in [0.15, 0.2) is 0 Å². The molecule has 0 spiro atoms. The van der Waals surface area contributed by atoms with Crippen molar-refractivity contribution >= 4 is 17.5 Å². The second-order valence-electron chi connectivity index (χ2n) is 3.47. The maximum Gasteiger partial charge on any atom is 0.226 e. The maximum absolute atomic E-state index is 11.7. The maximum atomic E-state index is 11.7. The molecule has 2 nitrogen and oxygen atoms in total. The quantitative estimate of drug-likeness (QED) is 0.632. The fraction of sp³-hybridized carbons (Fsp3) is 0.900. The second-order valence-corrected chi connectivity index (χ2v) is 3.78. The highest BCUT2D eigenvalue weighted by Crippen LogP contribution is 2.11. The molecule has 0 aromatic rings. The minimum Gasteiger partial charge on any atom is -0.343 e. The van der Waals surface area contributed by atoms with Gasteiger partial charge in [-0.15, -0.1) is 11.6 Å². The smallest absolute Gasteiger partial charge is 0.226 e. The molecular formula is C10H20ClNO. The Morgan fingerprint density at radius 3 is 2.15 bits per heavy atom. The van der Waals surface area contributed by atoms with Gasteiger partial charge in [-0.25, -0.2) is 0 Å². The van der Waals surface area contributed by atoms with Crippen molar-refractivity contribution in [2.24, 2.45) is 5.92 Å². The van der Waals surface area contributed by atoms with Gasteiger partial charge in [0, 0.05) is 24.9 Å². The lowest BCUT2D eigenvalue weighted by atomic mass is 10.1. The van der Waals surface area contributed by atoms with E-state index in [-0.39, 0.29) is 11.8 Å². The summed E-state index contributed by atoms with van der Waals surface area (Å²) < 4.78 is 0. The number of halogens is 1. The summed E-state index contributed by atoms with van der Waals surface area (Å²) in [6.07, 6.45) is 2.02. The first kappa shape index (κ1) is 12.8. The number of amides is 1. The average molecular weight is 206 g/mol. The normalized spacial score (nSPS) is 13.1. The third kappa shape index (κ3) is 3.55. The van der Waals surface area contributed by atoms with Crippen LogP contribution < -0.4 is 0 Å². The first-order valence-corrected chi connectivity index (χ1v) is 5.44. The molecule has 0 saturated carbocycles. The van der Waals surface area contributed by atoms with E-state index in [1.165, 1.54) is 0 Å². The molecule has 0 aliphatic carbocycles. The van der Waals surface area contributed by atoms with Crippen LogP contribution in [0, 0.1) is 5.92 Å². The molecule has 0 fully saturated rings. The Morgan fingerprint density at radius 1 is 1.38 bits per heavy atom. The van der Waals surface area contributed by atoms with Crippen molar-refractivity contribution in [2.75, 3.05) is 12.9 Å². The summed E-state index contributed by atoms with van der Waals surface area (Å²) in [5.74, 6) is 0.500. The zero-order chi connectivity index (χ0) is 10.4. The molecule has 1 unspecified atom stereocenters. The van der Waals surface area contributed by atoms with Gasteiger partial charge in [0.1, 0.15) is 0 Å². The van der Waals surface area contributed by atoms with E-state index >= 15 is 0 Å². The minimum absolute atomic E-state index is 0.0627. The van der Waals surface area contributed by atoms with E-state index in [1.807, 2.05) is 18.9 Å². The molecule has 78 valence electrons. The Balaban J connectivity index is 4.22. The highest BCUT2D eigenvalue weighted by molar-refractivity contribution is 6.19. The van der Waals surface area contributed by atoms with Crippen molar-refractivity contribution in [1.82, 2.24) is 4.90 Å². The summed E-state index contributed by atoms with van der Waals surface area (Å²) in [7, 11) is 1.86. The third-order valence-electron chi connectivity index (χ3n) is 2.49. The lowest BCUT2D eigenvalue weighted by molar-refractivity contribution is -0.135. The SMILES string of the molecule is CCC(CC)N(C)C(=O)C(C)CCl. The van der Waals surface area contributed by atoms with Crippen LogP contribution in [0.1, 0.15) is 33.6 Å². The van der Waals surface area contributed by atoms with E-state index in [9.17, 15) is 4.79 Å². The van der Waals surface area contributed by atoms with Crippen molar-refractivity contribution in [1.29, 1.82) is 0 Å². The van der Waals surface area contributed by atoms with Crippen molar-refractivity contribution in [2.45, 2.75) is 39.7 Å². The molecule has 0 saturated heterocycles. The Morgan fingerprint density at radius 2 is 1.85 bits per heavy atom. The topological polar surface area (TPSA) is 20.3 Å². The van der Waals surface area contributed by atoms with Gasteiger partial charge < -0.3 is 4.90 Å². The minimum atomic E-state index is -0.0627. The van der Waals surface area contributed by atoms with E-state index < -0.39 is 0 Å². The van der Waals surface area contributed by atoms with Crippen LogP contribution in [0.4, 0.5) is 0 Å². The second kappa shape index (κ2) is 6.25. The van der Waals surface area contributed by atoms with Crippen LogP contribution in [-0.4, -0.2) is 29.8 Å².